The maximum absolute atomic E-state index is 13.9. The highest BCUT2D eigenvalue weighted by Gasteiger charge is 2.51. The summed E-state index contributed by atoms with van der Waals surface area (Å²) in [6.45, 7) is 3.11. The number of nitrogens with zero attached hydrogens (tertiary/aromatic N) is 3. The standard InChI is InChI=1S/C37H26BN3O8/c1-3-37(48-34(43)19(2)49-40-32-25-10-6-4-8-23(25)24-9-5-7-11-26(24)32)28-16-30-31-21(17-41(30)33(42)27(28)18-46-35(37)44)14-20-15-22(47-36(38)45)12-13-29(20)39-31/h4-16,19H,3,17-18H2,1-2H3/t19?,37-/m0/s1. The van der Waals surface area contributed by atoms with Gasteiger partial charge in [0.05, 0.1) is 29.0 Å². The molecule has 0 N–H and O–H groups in total. The Kier molecular flexibility index (Phi) is 6.99. The van der Waals surface area contributed by atoms with Crippen molar-refractivity contribution in [2.24, 2.45) is 5.16 Å². The Balaban J connectivity index is 1.13. The van der Waals surface area contributed by atoms with Crippen LogP contribution in [0.5, 0.6) is 5.75 Å². The van der Waals surface area contributed by atoms with E-state index in [9.17, 15) is 19.2 Å². The number of ether oxygens (including phenoxy) is 3. The molecular formula is C37H26BN3O8. The summed E-state index contributed by atoms with van der Waals surface area (Å²) in [6.07, 6.45) is -1.21. The number of esters is 2. The van der Waals surface area contributed by atoms with Gasteiger partial charge in [-0.2, -0.15) is 0 Å². The molecule has 5 aromatic rings. The lowest BCUT2D eigenvalue weighted by Gasteiger charge is -2.36. The van der Waals surface area contributed by atoms with Crippen molar-refractivity contribution in [3.8, 4) is 28.3 Å². The second-order valence-corrected chi connectivity index (χ2v) is 12.0. The van der Waals surface area contributed by atoms with Crippen LogP contribution in [0.2, 0.25) is 0 Å². The molecule has 2 radical (unpaired) electrons. The van der Waals surface area contributed by atoms with Crippen LogP contribution in [0.15, 0.2) is 88.8 Å². The monoisotopic (exact) mass is 651 g/mol. The van der Waals surface area contributed by atoms with Crippen molar-refractivity contribution in [3.63, 3.8) is 0 Å². The lowest BCUT2D eigenvalue weighted by Crippen LogP contribution is -2.48. The first kappa shape index (κ1) is 30.3. The molecule has 4 heterocycles. The summed E-state index contributed by atoms with van der Waals surface area (Å²) in [5, 5.41) is 5.05. The smallest absolute Gasteiger partial charge is 0.355 e. The molecule has 0 saturated heterocycles. The third-order valence-electron chi connectivity index (χ3n) is 9.23. The van der Waals surface area contributed by atoms with E-state index in [2.05, 4.69) is 5.16 Å². The fraction of sp³-hybridized carbons (Fsp3) is 0.189. The van der Waals surface area contributed by atoms with Gasteiger partial charge in [0, 0.05) is 27.6 Å². The van der Waals surface area contributed by atoms with E-state index in [1.165, 1.54) is 6.92 Å². The van der Waals surface area contributed by atoms with Gasteiger partial charge in [0.15, 0.2) is 0 Å². The van der Waals surface area contributed by atoms with Crippen molar-refractivity contribution in [1.29, 1.82) is 0 Å². The summed E-state index contributed by atoms with van der Waals surface area (Å²) in [7, 11) is 5.16. The van der Waals surface area contributed by atoms with Gasteiger partial charge in [0.1, 0.15) is 18.1 Å². The molecule has 0 amide bonds. The first-order chi connectivity index (χ1) is 23.7. The third kappa shape index (κ3) is 4.74. The van der Waals surface area contributed by atoms with Crippen LogP contribution < -0.4 is 10.3 Å². The molecule has 12 heteroatoms. The molecule has 2 aliphatic heterocycles. The van der Waals surface area contributed by atoms with Crippen molar-refractivity contribution in [1.82, 2.24) is 9.55 Å². The quantitative estimate of drug-likeness (QED) is 0.136. The molecular weight excluding hydrogens is 625 g/mol. The summed E-state index contributed by atoms with van der Waals surface area (Å²) in [4.78, 5) is 62.8. The van der Waals surface area contributed by atoms with Crippen LogP contribution in [0.1, 0.15) is 48.1 Å². The van der Waals surface area contributed by atoms with Gasteiger partial charge in [-0.15, -0.1) is 0 Å². The zero-order valence-corrected chi connectivity index (χ0v) is 26.4. The van der Waals surface area contributed by atoms with E-state index < -0.39 is 29.5 Å². The third-order valence-corrected chi connectivity index (χ3v) is 9.23. The number of aromatic nitrogens is 2. The lowest BCUT2D eigenvalue weighted by molar-refractivity contribution is -0.195. The van der Waals surface area contributed by atoms with Crippen LogP contribution in [0.3, 0.4) is 0 Å². The Morgan fingerprint density at radius 1 is 1.00 bits per heavy atom. The molecule has 3 aliphatic rings. The maximum atomic E-state index is 13.9. The number of hydrogen-bond donors (Lipinski definition) is 0. The molecule has 3 aromatic carbocycles. The van der Waals surface area contributed by atoms with Crippen molar-refractivity contribution in [2.75, 3.05) is 0 Å². The summed E-state index contributed by atoms with van der Waals surface area (Å²) >= 11 is 0. The zero-order valence-electron chi connectivity index (χ0n) is 26.4. The molecule has 2 aromatic heterocycles. The Morgan fingerprint density at radius 2 is 1.69 bits per heavy atom. The van der Waals surface area contributed by atoms with Crippen LogP contribution >= 0.6 is 0 Å². The topological polar surface area (TPSA) is 135 Å². The molecule has 240 valence electrons. The van der Waals surface area contributed by atoms with E-state index >= 15 is 0 Å². The molecule has 0 saturated carbocycles. The minimum atomic E-state index is -1.91. The fourth-order valence-electron chi connectivity index (χ4n) is 6.82. The van der Waals surface area contributed by atoms with Gasteiger partial charge in [-0.25, -0.2) is 14.6 Å². The van der Waals surface area contributed by atoms with Gasteiger partial charge in [-0.05, 0) is 54.8 Å². The van der Waals surface area contributed by atoms with Gasteiger partial charge < -0.3 is 23.6 Å². The van der Waals surface area contributed by atoms with Crippen molar-refractivity contribution in [2.45, 2.75) is 45.1 Å². The maximum Gasteiger partial charge on any atom is 0.355 e. The number of benzene rings is 3. The number of cyclic esters (lactones) is 1. The van der Waals surface area contributed by atoms with Crippen LogP contribution in [0.4, 0.5) is 4.79 Å². The summed E-state index contributed by atoms with van der Waals surface area (Å²) in [6, 6.07) is 24.0. The summed E-state index contributed by atoms with van der Waals surface area (Å²) < 4.78 is 18.0. The number of pyridine rings is 2. The second kappa shape index (κ2) is 11.3. The van der Waals surface area contributed by atoms with Crippen LogP contribution in [-0.4, -0.2) is 47.0 Å². The minimum Gasteiger partial charge on any atom is -0.457 e. The molecule has 0 spiro atoms. The van der Waals surface area contributed by atoms with E-state index in [0.29, 0.717) is 28.0 Å². The Hall–Kier alpha value is -6.04. The number of hydrogen-bond acceptors (Lipinski definition) is 10. The average Bonchev–Trinajstić information content (AvgIpc) is 3.62. The van der Waals surface area contributed by atoms with Gasteiger partial charge in [0.2, 0.25) is 25.4 Å². The highest BCUT2D eigenvalue weighted by atomic mass is 16.7. The van der Waals surface area contributed by atoms with E-state index in [1.54, 1.807) is 35.8 Å². The number of oxime groups is 1. The molecule has 2 atom stereocenters. The molecule has 1 aliphatic carbocycles. The van der Waals surface area contributed by atoms with Gasteiger partial charge in [-0.1, -0.05) is 60.6 Å². The number of rotatable bonds is 6. The highest BCUT2D eigenvalue weighted by Crippen LogP contribution is 2.42. The number of fused-ring (bicyclic) bond motifs is 8. The first-order valence-corrected chi connectivity index (χ1v) is 15.7. The van der Waals surface area contributed by atoms with Crippen molar-refractivity contribution >= 4 is 42.3 Å². The Morgan fingerprint density at radius 3 is 2.37 bits per heavy atom. The van der Waals surface area contributed by atoms with E-state index in [1.807, 2.05) is 54.6 Å². The second-order valence-electron chi connectivity index (χ2n) is 12.0. The molecule has 1 unspecified atom stereocenters. The van der Waals surface area contributed by atoms with Gasteiger partial charge >= 0.3 is 11.9 Å². The lowest BCUT2D eigenvalue weighted by atomic mass is 9.85. The predicted molar refractivity (Wildman–Crippen MR) is 178 cm³/mol. The minimum absolute atomic E-state index is 0.00387. The Labute approximate surface area is 280 Å². The summed E-state index contributed by atoms with van der Waals surface area (Å²) in [5.74, 6) is -2.31. The van der Waals surface area contributed by atoms with Crippen molar-refractivity contribution < 1.29 is 33.4 Å². The molecule has 11 nitrogen and oxygen atoms in total. The normalized spacial score (nSPS) is 17.2. The average molecular weight is 651 g/mol. The van der Waals surface area contributed by atoms with Gasteiger partial charge in [0.25, 0.3) is 5.56 Å². The molecule has 0 fully saturated rings. The largest absolute Gasteiger partial charge is 0.457 e. The number of carbonyl (C=O) groups is 3. The van der Waals surface area contributed by atoms with Crippen LogP contribution in [-0.2, 0) is 42.7 Å². The first-order valence-electron chi connectivity index (χ1n) is 15.7. The molecule has 49 heavy (non-hydrogen) atoms. The van der Waals surface area contributed by atoms with Crippen LogP contribution in [0.25, 0.3) is 33.4 Å². The van der Waals surface area contributed by atoms with Gasteiger partial charge in [-0.3, -0.25) is 9.59 Å². The highest BCUT2D eigenvalue weighted by molar-refractivity contribution is 6.55. The van der Waals surface area contributed by atoms with E-state index in [0.717, 1.165) is 27.8 Å². The SMILES string of the molecule is [B]C(=O)Oc1ccc2nc3c(cc2c1)Cn1c-3cc2c(c1=O)COC(=O)[C@@]2(CC)OC(=O)C(C)ON=C1c2ccccc2-c2ccccc21. The van der Waals surface area contributed by atoms with Crippen LogP contribution in [0, 0.1) is 0 Å². The Bertz CT molecular complexity index is 2320. The predicted octanol–water partition coefficient (Wildman–Crippen LogP) is 5.14. The number of carbonyl (C=O) groups excluding carboxylic acids is 3. The van der Waals surface area contributed by atoms with E-state index in [4.69, 9.17) is 31.9 Å². The fourth-order valence-corrected chi connectivity index (χ4v) is 6.82. The van der Waals surface area contributed by atoms with Crippen molar-refractivity contribution in [3.05, 3.63) is 117 Å². The molecule has 0 bridgehead atoms. The zero-order chi connectivity index (χ0) is 34.0. The van der Waals surface area contributed by atoms with E-state index in [-0.39, 0.29) is 42.0 Å². The molecule has 8 rings (SSSR count). The summed E-state index contributed by atoms with van der Waals surface area (Å²) in [5.41, 5.74) is 4.83.